The SMILES string of the molecule is Cc1cc(C(C)(C=O)c2cc(C)c(O)c(C)c2)cc(C)c1O. The summed E-state index contributed by atoms with van der Waals surface area (Å²) in [4.78, 5) is 11.9. The molecule has 2 aromatic carbocycles. The van der Waals surface area contributed by atoms with Crippen molar-refractivity contribution in [2.24, 2.45) is 0 Å². The van der Waals surface area contributed by atoms with Crippen LogP contribution in [-0.2, 0) is 10.2 Å². The molecule has 0 aromatic heterocycles. The zero-order chi connectivity index (χ0) is 16.7. The van der Waals surface area contributed by atoms with Crippen LogP contribution in [0.3, 0.4) is 0 Å². The highest BCUT2D eigenvalue weighted by atomic mass is 16.3. The fourth-order valence-corrected chi connectivity index (χ4v) is 2.81. The molecule has 2 N–H and O–H groups in total. The normalized spacial score (nSPS) is 11.5. The van der Waals surface area contributed by atoms with E-state index in [0.29, 0.717) is 0 Å². The Hall–Kier alpha value is -2.29. The van der Waals surface area contributed by atoms with Gasteiger partial charge in [0, 0.05) is 0 Å². The maximum Gasteiger partial charge on any atom is 0.134 e. The number of carbonyl (C=O) groups is 1. The molecule has 3 nitrogen and oxygen atoms in total. The lowest BCUT2D eigenvalue weighted by Crippen LogP contribution is -2.26. The monoisotopic (exact) mass is 298 g/mol. The summed E-state index contributed by atoms with van der Waals surface area (Å²) < 4.78 is 0. The van der Waals surface area contributed by atoms with Gasteiger partial charge in [0.2, 0.25) is 0 Å². The molecule has 22 heavy (non-hydrogen) atoms. The predicted octanol–water partition coefficient (Wildman–Crippen LogP) is 3.84. The Morgan fingerprint density at radius 3 is 1.27 bits per heavy atom. The molecule has 3 heteroatoms. The molecule has 0 atom stereocenters. The maximum atomic E-state index is 11.9. The van der Waals surface area contributed by atoms with Crippen molar-refractivity contribution in [3.63, 3.8) is 0 Å². The fraction of sp³-hybridized carbons (Fsp3) is 0.316. The Morgan fingerprint density at radius 1 is 0.773 bits per heavy atom. The molecule has 0 spiro atoms. The number of aryl methyl sites for hydroxylation is 4. The number of aldehydes is 1. The zero-order valence-corrected chi connectivity index (χ0v) is 13.7. The van der Waals surface area contributed by atoms with Crippen LogP contribution in [0.15, 0.2) is 24.3 Å². The summed E-state index contributed by atoms with van der Waals surface area (Å²) in [7, 11) is 0. The Kier molecular flexibility index (Phi) is 4.01. The summed E-state index contributed by atoms with van der Waals surface area (Å²) in [6.07, 6.45) is 0.920. The molecular formula is C19H22O3. The maximum absolute atomic E-state index is 11.9. The second-order valence-corrected chi connectivity index (χ2v) is 6.24. The van der Waals surface area contributed by atoms with Gasteiger partial charge in [-0.05, 0) is 68.0 Å². The zero-order valence-electron chi connectivity index (χ0n) is 13.7. The van der Waals surface area contributed by atoms with Crippen molar-refractivity contribution < 1.29 is 15.0 Å². The van der Waals surface area contributed by atoms with Gasteiger partial charge in [0.15, 0.2) is 0 Å². The van der Waals surface area contributed by atoms with E-state index in [9.17, 15) is 15.0 Å². The van der Waals surface area contributed by atoms with E-state index in [2.05, 4.69) is 0 Å². The minimum atomic E-state index is -0.827. The Morgan fingerprint density at radius 2 is 1.05 bits per heavy atom. The van der Waals surface area contributed by atoms with Crippen LogP contribution in [0.5, 0.6) is 11.5 Å². The van der Waals surface area contributed by atoms with E-state index in [1.54, 1.807) is 0 Å². The van der Waals surface area contributed by atoms with Gasteiger partial charge in [-0.1, -0.05) is 24.3 Å². The van der Waals surface area contributed by atoms with Gasteiger partial charge in [-0.15, -0.1) is 0 Å². The van der Waals surface area contributed by atoms with Gasteiger partial charge in [0.25, 0.3) is 0 Å². The molecule has 0 unspecified atom stereocenters. The molecule has 0 saturated heterocycles. The van der Waals surface area contributed by atoms with E-state index >= 15 is 0 Å². The summed E-state index contributed by atoms with van der Waals surface area (Å²) in [6.45, 7) is 9.15. The highest BCUT2D eigenvalue weighted by Crippen LogP contribution is 2.37. The van der Waals surface area contributed by atoms with Gasteiger partial charge >= 0.3 is 0 Å². The number of carbonyl (C=O) groups excluding carboxylic acids is 1. The third-order valence-electron chi connectivity index (χ3n) is 4.42. The van der Waals surface area contributed by atoms with Crippen molar-refractivity contribution in [2.75, 3.05) is 0 Å². The Labute approximate surface area is 131 Å². The van der Waals surface area contributed by atoms with Gasteiger partial charge in [0.05, 0.1) is 5.41 Å². The number of hydrogen-bond acceptors (Lipinski definition) is 3. The minimum Gasteiger partial charge on any atom is -0.507 e. The average molecular weight is 298 g/mol. The predicted molar refractivity (Wildman–Crippen MR) is 87.7 cm³/mol. The smallest absolute Gasteiger partial charge is 0.134 e. The van der Waals surface area contributed by atoms with Gasteiger partial charge < -0.3 is 15.0 Å². The van der Waals surface area contributed by atoms with Gasteiger partial charge in [-0.25, -0.2) is 0 Å². The Balaban J connectivity index is 2.70. The van der Waals surface area contributed by atoms with E-state index in [0.717, 1.165) is 39.7 Å². The molecular weight excluding hydrogens is 276 g/mol. The summed E-state index contributed by atoms with van der Waals surface area (Å²) in [5, 5.41) is 19.9. The van der Waals surface area contributed by atoms with Crippen molar-refractivity contribution in [1.29, 1.82) is 0 Å². The molecule has 0 amide bonds. The van der Waals surface area contributed by atoms with E-state index in [1.165, 1.54) is 0 Å². The van der Waals surface area contributed by atoms with E-state index in [-0.39, 0.29) is 11.5 Å². The van der Waals surface area contributed by atoms with E-state index < -0.39 is 5.41 Å². The first kappa shape index (κ1) is 16.1. The van der Waals surface area contributed by atoms with Crippen molar-refractivity contribution in [3.8, 4) is 11.5 Å². The molecule has 2 aromatic rings. The van der Waals surface area contributed by atoms with Crippen molar-refractivity contribution in [3.05, 3.63) is 57.6 Å². The summed E-state index contributed by atoms with van der Waals surface area (Å²) in [5.41, 5.74) is 3.82. The standard InChI is InChI=1S/C19H22O3/c1-11-6-15(7-12(2)17(11)21)19(5,10-20)16-8-13(3)18(22)14(4)9-16/h6-10,21-22H,1-5H3. The van der Waals surface area contributed by atoms with E-state index in [1.807, 2.05) is 58.9 Å². The highest BCUT2D eigenvalue weighted by molar-refractivity contribution is 5.75. The molecule has 0 saturated carbocycles. The highest BCUT2D eigenvalue weighted by Gasteiger charge is 2.30. The molecule has 0 heterocycles. The molecule has 0 fully saturated rings. The van der Waals surface area contributed by atoms with Crippen LogP contribution < -0.4 is 0 Å². The lowest BCUT2D eigenvalue weighted by molar-refractivity contribution is -0.110. The number of phenols is 2. The third kappa shape index (κ3) is 2.47. The fourth-order valence-electron chi connectivity index (χ4n) is 2.81. The summed E-state index contributed by atoms with van der Waals surface area (Å²) in [6, 6.07) is 7.37. The van der Waals surface area contributed by atoms with Gasteiger partial charge in [-0.2, -0.15) is 0 Å². The van der Waals surface area contributed by atoms with Crippen molar-refractivity contribution in [2.45, 2.75) is 40.0 Å². The second kappa shape index (κ2) is 5.48. The first-order valence-corrected chi connectivity index (χ1v) is 7.28. The summed E-state index contributed by atoms with van der Waals surface area (Å²) in [5.74, 6) is 0.519. The minimum absolute atomic E-state index is 0.259. The quantitative estimate of drug-likeness (QED) is 0.847. The third-order valence-corrected chi connectivity index (χ3v) is 4.42. The lowest BCUT2D eigenvalue weighted by atomic mass is 9.75. The second-order valence-electron chi connectivity index (χ2n) is 6.24. The molecule has 0 aliphatic heterocycles. The van der Waals surface area contributed by atoms with Crippen LogP contribution in [0.4, 0.5) is 0 Å². The van der Waals surface area contributed by atoms with Crippen LogP contribution in [0.1, 0.15) is 40.3 Å². The lowest BCUT2D eigenvalue weighted by Gasteiger charge is -2.27. The molecule has 0 bridgehead atoms. The van der Waals surface area contributed by atoms with Crippen LogP contribution in [0.25, 0.3) is 0 Å². The topological polar surface area (TPSA) is 57.5 Å². The van der Waals surface area contributed by atoms with Crippen LogP contribution in [0, 0.1) is 27.7 Å². The number of hydrogen-bond donors (Lipinski definition) is 2. The molecule has 116 valence electrons. The summed E-state index contributed by atoms with van der Waals surface area (Å²) >= 11 is 0. The largest absolute Gasteiger partial charge is 0.507 e. The number of phenolic OH excluding ortho intramolecular Hbond substituents is 2. The van der Waals surface area contributed by atoms with Crippen LogP contribution in [0.2, 0.25) is 0 Å². The van der Waals surface area contributed by atoms with Gasteiger partial charge in [0.1, 0.15) is 17.8 Å². The molecule has 2 rings (SSSR count). The number of benzene rings is 2. The first-order valence-electron chi connectivity index (χ1n) is 7.28. The number of rotatable bonds is 3. The van der Waals surface area contributed by atoms with Gasteiger partial charge in [-0.3, -0.25) is 0 Å². The number of aromatic hydroxyl groups is 2. The molecule has 0 aliphatic carbocycles. The average Bonchev–Trinajstić information content (AvgIpc) is 2.48. The molecule has 0 radical (unpaired) electrons. The van der Waals surface area contributed by atoms with E-state index in [4.69, 9.17) is 0 Å². The van der Waals surface area contributed by atoms with Crippen LogP contribution in [-0.4, -0.2) is 16.5 Å². The molecule has 0 aliphatic rings. The Bertz CT molecular complexity index is 641. The van der Waals surface area contributed by atoms with Crippen LogP contribution >= 0.6 is 0 Å². The van der Waals surface area contributed by atoms with Crippen molar-refractivity contribution in [1.82, 2.24) is 0 Å². The van der Waals surface area contributed by atoms with Crippen molar-refractivity contribution >= 4 is 6.29 Å². The first-order chi connectivity index (χ1) is 10.2.